The highest BCUT2D eigenvalue weighted by Gasteiger charge is 2.09. The van der Waals surface area contributed by atoms with Gasteiger partial charge in [-0.2, -0.15) is 4.73 Å². The molecular weight excluding hydrogens is 282 g/mol. The zero-order chi connectivity index (χ0) is 15.1. The average Bonchev–Trinajstić information content (AvgIpc) is 2.94. The molecule has 0 aromatic carbocycles. The van der Waals surface area contributed by atoms with Crippen molar-refractivity contribution in [2.75, 3.05) is 0 Å². The summed E-state index contributed by atoms with van der Waals surface area (Å²) in [7, 11) is 0. The first-order valence-corrected chi connectivity index (χ1v) is 6.95. The quantitative estimate of drug-likeness (QED) is 0.401. The van der Waals surface area contributed by atoms with E-state index in [9.17, 15) is 10.4 Å². The maximum atomic E-state index is 9.61. The van der Waals surface area contributed by atoms with Crippen LogP contribution < -0.4 is 16.0 Å². The summed E-state index contributed by atoms with van der Waals surface area (Å²) in [6.45, 7) is 0. The normalized spacial score (nSPS) is 14.5. The van der Waals surface area contributed by atoms with Crippen LogP contribution in [0, 0.1) is 0 Å². The lowest BCUT2D eigenvalue weighted by Gasteiger charge is -2.04. The molecule has 110 valence electrons. The van der Waals surface area contributed by atoms with Crippen LogP contribution in [-0.2, 0) is 0 Å². The highest BCUT2D eigenvalue weighted by molar-refractivity contribution is 5.82. The van der Waals surface area contributed by atoms with Crippen LogP contribution in [-0.4, -0.2) is 20.1 Å². The Hall–Kier alpha value is -3.02. The van der Waals surface area contributed by atoms with Gasteiger partial charge in [0, 0.05) is 22.9 Å². The second kappa shape index (κ2) is 4.77. The Morgan fingerprint density at radius 2 is 2.09 bits per heavy atom. The molecule has 0 spiro atoms. The number of rotatable bonds is 1. The first-order valence-electron chi connectivity index (χ1n) is 6.95. The lowest BCUT2D eigenvalue weighted by molar-refractivity contribution is 0.200. The fourth-order valence-electron chi connectivity index (χ4n) is 2.69. The number of hydrogen-bond donors (Lipinski definition) is 2. The summed E-state index contributed by atoms with van der Waals surface area (Å²) in [5.74, 6) is 0.519. The highest BCUT2D eigenvalue weighted by Crippen LogP contribution is 2.20. The van der Waals surface area contributed by atoms with E-state index in [4.69, 9.17) is 4.42 Å². The molecule has 6 heteroatoms. The maximum absolute atomic E-state index is 9.61. The van der Waals surface area contributed by atoms with E-state index < -0.39 is 0 Å². The van der Waals surface area contributed by atoms with Crippen molar-refractivity contribution in [1.29, 1.82) is 0 Å². The number of nitrogens with zero attached hydrogens (tertiary/aromatic N) is 3. The smallest absolute Gasteiger partial charge is 0.155 e. The number of fused-ring (bicyclic) bond motifs is 2. The summed E-state index contributed by atoms with van der Waals surface area (Å²) in [5, 5.41) is 24.3. The molecule has 0 bridgehead atoms. The third-order valence-corrected chi connectivity index (χ3v) is 3.79. The van der Waals surface area contributed by atoms with Gasteiger partial charge < -0.3 is 14.8 Å². The summed E-state index contributed by atoms with van der Waals surface area (Å²) in [6, 6.07) is 5.27. The molecule has 3 aromatic rings. The molecule has 1 aliphatic rings. The van der Waals surface area contributed by atoms with Crippen molar-refractivity contribution in [3.8, 4) is 11.5 Å². The summed E-state index contributed by atoms with van der Waals surface area (Å²) in [4.78, 5) is 4.31. The van der Waals surface area contributed by atoms with Gasteiger partial charge in [-0.05, 0) is 31.1 Å². The zero-order valence-electron chi connectivity index (χ0n) is 11.6. The van der Waals surface area contributed by atoms with Crippen molar-refractivity contribution in [3.63, 3.8) is 0 Å². The molecule has 22 heavy (non-hydrogen) atoms. The number of aromatic nitrogens is 2. The van der Waals surface area contributed by atoms with Gasteiger partial charge >= 0.3 is 0 Å². The van der Waals surface area contributed by atoms with Gasteiger partial charge in [0.05, 0.1) is 6.20 Å². The molecule has 4 rings (SSSR count). The van der Waals surface area contributed by atoms with Gasteiger partial charge in [0.25, 0.3) is 0 Å². The van der Waals surface area contributed by atoms with Gasteiger partial charge in [-0.15, -0.1) is 0 Å². The molecule has 1 aliphatic carbocycles. The van der Waals surface area contributed by atoms with Crippen molar-refractivity contribution >= 4 is 23.1 Å². The standard InChI is InChI=1S/C16H13N3O3/c20-18-12-8-16(22-15-4-2-1-3-11(12)15)13-7-10-5-6-19(21)14(10)9-17-13/h3-9,20-21H,1-2H2/b18-12+. The van der Waals surface area contributed by atoms with Crippen LogP contribution in [0.4, 0.5) is 0 Å². The van der Waals surface area contributed by atoms with Crippen molar-refractivity contribution < 1.29 is 14.8 Å². The summed E-state index contributed by atoms with van der Waals surface area (Å²) in [6.07, 6.45) is 8.91. The largest absolute Gasteiger partial charge is 0.455 e. The van der Waals surface area contributed by atoms with Gasteiger partial charge in [-0.3, -0.25) is 4.98 Å². The molecule has 0 radical (unpaired) electrons. The van der Waals surface area contributed by atoms with E-state index in [-0.39, 0.29) is 0 Å². The second-order valence-electron chi connectivity index (χ2n) is 5.15. The molecule has 3 heterocycles. The Balaban J connectivity index is 1.99. The molecule has 0 saturated heterocycles. The molecule has 0 amide bonds. The van der Waals surface area contributed by atoms with Crippen LogP contribution >= 0.6 is 0 Å². The van der Waals surface area contributed by atoms with Gasteiger partial charge in [0.2, 0.25) is 0 Å². The second-order valence-corrected chi connectivity index (χ2v) is 5.15. The van der Waals surface area contributed by atoms with Crippen LogP contribution in [0.2, 0.25) is 0 Å². The van der Waals surface area contributed by atoms with Crippen molar-refractivity contribution in [1.82, 2.24) is 9.71 Å². The van der Waals surface area contributed by atoms with Crippen molar-refractivity contribution in [2.45, 2.75) is 12.8 Å². The molecular formula is C16H13N3O3. The first kappa shape index (κ1) is 12.7. The van der Waals surface area contributed by atoms with E-state index in [0.717, 1.165) is 28.2 Å². The van der Waals surface area contributed by atoms with E-state index in [2.05, 4.69) is 10.1 Å². The minimum absolute atomic E-state index is 0.467. The molecule has 3 aromatic heterocycles. The first-order chi connectivity index (χ1) is 10.8. The van der Waals surface area contributed by atoms with E-state index >= 15 is 0 Å². The molecule has 0 aliphatic heterocycles. The predicted molar refractivity (Wildman–Crippen MR) is 79.4 cm³/mol. The Morgan fingerprint density at radius 3 is 2.95 bits per heavy atom. The number of hydrogen-bond acceptors (Lipinski definition) is 5. The summed E-state index contributed by atoms with van der Waals surface area (Å²) >= 11 is 0. The summed E-state index contributed by atoms with van der Waals surface area (Å²) < 4.78 is 6.92. The SMILES string of the molecule is O/N=c1\cc(-c2cc3ccn(O)c3cn2)oc2c1=CCCC=2. The molecule has 6 nitrogen and oxygen atoms in total. The fourth-order valence-corrected chi connectivity index (χ4v) is 2.69. The lowest BCUT2D eigenvalue weighted by atomic mass is 10.1. The van der Waals surface area contributed by atoms with Crippen molar-refractivity contribution in [2.24, 2.45) is 5.16 Å². The third kappa shape index (κ3) is 1.88. The summed E-state index contributed by atoms with van der Waals surface area (Å²) in [5.41, 5.74) is 1.93. The van der Waals surface area contributed by atoms with E-state index in [1.54, 1.807) is 24.5 Å². The van der Waals surface area contributed by atoms with Crippen LogP contribution in [0.15, 0.2) is 40.2 Å². The van der Waals surface area contributed by atoms with Crippen LogP contribution in [0.5, 0.6) is 0 Å². The number of pyridine rings is 1. The third-order valence-electron chi connectivity index (χ3n) is 3.79. The van der Waals surface area contributed by atoms with Crippen molar-refractivity contribution in [3.05, 3.63) is 46.6 Å². The fraction of sp³-hybridized carbons (Fsp3) is 0.125. The van der Waals surface area contributed by atoms with E-state index in [0.29, 0.717) is 27.7 Å². The highest BCUT2D eigenvalue weighted by atomic mass is 16.5. The Morgan fingerprint density at radius 1 is 1.23 bits per heavy atom. The van der Waals surface area contributed by atoms with Crippen LogP contribution in [0.25, 0.3) is 34.5 Å². The molecule has 0 atom stereocenters. The van der Waals surface area contributed by atoms with Gasteiger partial charge in [-0.25, -0.2) is 0 Å². The van der Waals surface area contributed by atoms with Crippen LogP contribution in [0.3, 0.4) is 0 Å². The maximum Gasteiger partial charge on any atom is 0.155 e. The Bertz CT molecular complexity index is 1040. The Kier molecular flexibility index (Phi) is 2.75. The minimum atomic E-state index is 0.467. The van der Waals surface area contributed by atoms with Gasteiger partial charge in [0.1, 0.15) is 22.0 Å². The van der Waals surface area contributed by atoms with E-state index in [1.807, 2.05) is 18.2 Å². The zero-order valence-corrected chi connectivity index (χ0v) is 11.6. The molecule has 2 N–H and O–H groups in total. The monoisotopic (exact) mass is 295 g/mol. The molecule has 0 unspecified atom stereocenters. The minimum Gasteiger partial charge on any atom is -0.455 e. The lowest BCUT2D eigenvalue weighted by Crippen LogP contribution is -2.40. The average molecular weight is 295 g/mol. The molecule has 0 saturated carbocycles. The topological polar surface area (TPSA) is 83.8 Å². The predicted octanol–water partition coefficient (Wildman–Crippen LogP) is 1.18. The van der Waals surface area contributed by atoms with Crippen LogP contribution in [0.1, 0.15) is 12.8 Å². The van der Waals surface area contributed by atoms with Gasteiger partial charge in [0.15, 0.2) is 5.76 Å². The van der Waals surface area contributed by atoms with Gasteiger partial charge in [-0.1, -0.05) is 11.2 Å². The van der Waals surface area contributed by atoms with E-state index in [1.165, 1.54) is 0 Å². The molecule has 0 fully saturated rings. The Labute approximate surface area is 124 Å².